The van der Waals surface area contributed by atoms with Crippen molar-refractivity contribution in [2.24, 2.45) is 0 Å². The number of sulfonamides is 1. The second-order valence-electron chi connectivity index (χ2n) is 11.0. The van der Waals surface area contributed by atoms with Crippen LogP contribution in [0.2, 0.25) is 5.02 Å². The normalized spacial score (nSPS) is 14.5. The SMILES string of the molecule is CCC(C(=O)NC1CCCCC1)N(Cc1ccccc1Cl)C(=O)CN(c1ccc(C)cc1)S(=O)(=O)c1ccc(OC)c(Br)c1. The number of rotatable bonds is 12. The first kappa shape index (κ1) is 33.8. The van der Waals surface area contributed by atoms with E-state index in [0.29, 0.717) is 32.9 Å². The maximum Gasteiger partial charge on any atom is 0.264 e. The van der Waals surface area contributed by atoms with E-state index in [4.69, 9.17) is 16.3 Å². The monoisotopic (exact) mass is 703 g/mol. The molecule has 8 nitrogen and oxygen atoms in total. The molecule has 0 spiro atoms. The molecule has 4 rings (SSSR count). The zero-order valence-electron chi connectivity index (χ0n) is 25.3. The van der Waals surface area contributed by atoms with E-state index in [1.54, 1.807) is 48.5 Å². The molecule has 11 heteroatoms. The summed E-state index contributed by atoms with van der Waals surface area (Å²) < 4.78 is 35.2. The average Bonchev–Trinajstić information content (AvgIpc) is 3.01. The molecule has 0 radical (unpaired) electrons. The van der Waals surface area contributed by atoms with Gasteiger partial charge in [0.15, 0.2) is 0 Å². The Morgan fingerprint density at radius 2 is 1.73 bits per heavy atom. The molecule has 44 heavy (non-hydrogen) atoms. The van der Waals surface area contributed by atoms with Crippen molar-refractivity contribution in [1.82, 2.24) is 10.2 Å². The van der Waals surface area contributed by atoms with Gasteiger partial charge in [0.05, 0.1) is 22.2 Å². The molecule has 1 N–H and O–H groups in total. The molecule has 1 unspecified atom stereocenters. The average molecular weight is 705 g/mol. The van der Waals surface area contributed by atoms with Crippen molar-refractivity contribution < 1.29 is 22.7 Å². The molecule has 1 aliphatic rings. The number of hydrogen-bond donors (Lipinski definition) is 1. The second-order valence-corrected chi connectivity index (χ2v) is 14.1. The van der Waals surface area contributed by atoms with E-state index in [1.165, 1.54) is 24.1 Å². The first-order valence-electron chi connectivity index (χ1n) is 14.8. The molecule has 0 saturated heterocycles. The van der Waals surface area contributed by atoms with E-state index < -0.39 is 28.5 Å². The summed E-state index contributed by atoms with van der Waals surface area (Å²) in [6.07, 6.45) is 5.39. The lowest BCUT2D eigenvalue weighted by Crippen LogP contribution is -2.54. The van der Waals surface area contributed by atoms with Gasteiger partial charge in [-0.05, 0) is 84.1 Å². The molecule has 1 atom stereocenters. The molecule has 0 aliphatic heterocycles. The Kier molecular flexibility index (Phi) is 11.7. The maximum absolute atomic E-state index is 14.3. The summed E-state index contributed by atoms with van der Waals surface area (Å²) in [5.74, 6) is -0.293. The van der Waals surface area contributed by atoms with Crippen molar-refractivity contribution in [3.63, 3.8) is 0 Å². The Morgan fingerprint density at radius 1 is 1.05 bits per heavy atom. The molecule has 1 aliphatic carbocycles. The van der Waals surface area contributed by atoms with Crippen molar-refractivity contribution in [2.45, 2.75) is 75.9 Å². The summed E-state index contributed by atoms with van der Waals surface area (Å²) in [5.41, 5.74) is 1.93. The van der Waals surface area contributed by atoms with Crippen LogP contribution in [-0.2, 0) is 26.2 Å². The molecule has 3 aromatic carbocycles. The highest BCUT2D eigenvalue weighted by atomic mass is 79.9. The van der Waals surface area contributed by atoms with Crippen LogP contribution in [0, 0.1) is 6.92 Å². The van der Waals surface area contributed by atoms with Crippen LogP contribution in [0.5, 0.6) is 5.75 Å². The van der Waals surface area contributed by atoms with Gasteiger partial charge in [-0.25, -0.2) is 8.42 Å². The third-order valence-electron chi connectivity index (χ3n) is 7.95. The molecular weight excluding hydrogens is 666 g/mol. The van der Waals surface area contributed by atoms with Crippen molar-refractivity contribution in [2.75, 3.05) is 18.0 Å². The second kappa shape index (κ2) is 15.3. The molecule has 3 aromatic rings. The summed E-state index contributed by atoms with van der Waals surface area (Å²) in [5, 5.41) is 3.61. The van der Waals surface area contributed by atoms with E-state index in [-0.39, 0.29) is 23.4 Å². The third kappa shape index (κ3) is 8.14. The van der Waals surface area contributed by atoms with Crippen LogP contribution in [0.3, 0.4) is 0 Å². The molecule has 1 saturated carbocycles. The predicted molar refractivity (Wildman–Crippen MR) is 178 cm³/mol. The first-order valence-corrected chi connectivity index (χ1v) is 17.4. The summed E-state index contributed by atoms with van der Waals surface area (Å²) in [6.45, 7) is 3.27. The number of hydrogen-bond acceptors (Lipinski definition) is 5. The van der Waals surface area contributed by atoms with Crippen LogP contribution in [0.1, 0.15) is 56.6 Å². The lowest BCUT2D eigenvalue weighted by atomic mass is 9.95. The van der Waals surface area contributed by atoms with Crippen molar-refractivity contribution in [3.05, 3.63) is 87.4 Å². The predicted octanol–water partition coefficient (Wildman–Crippen LogP) is 6.87. The van der Waals surface area contributed by atoms with Gasteiger partial charge < -0.3 is 15.0 Å². The Bertz CT molecular complexity index is 1560. The molecule has 0 heterocycles. The highest BCUT2D eigenvalue weighted by molar-refractivity contribution is 9.10. The number of amides is 2. The smallest absolute Gasteiger partial charge is 0.264 e. The van der Waals surface area contributed by atoms with Crippen molar-refractivity contribution in [1.29, 1.82) is 0 Å². The van der Waals surface area contributed by atoms with Gasteiger partial charge in [-0.1, -0.05) is 73.7 Å². The fourth-order valence-corrected chi connectivity index (χ4v) is 7.78. The quantitative estimate of drug-likeness (QED) is 0.222. The number of benzene rings is 3. The van der Waals surface area contributed by atoms with Crippen LogP contribution < -0.4 is 14.4 Å². The van der Waals surface area contributed by atoms with Crippen molar-refractivity contribution in [3.8, 4) is 5.75 Å². The minimum absolute atomic E-state index is 0.0155. The van der Waals surface area contributed by atoms with Gasteiger partial charge in [0, 0.05) is 17.6 Å². The van der Waals surface area contributed by atoms with Crippen LogP contribution >= 0.6 is 27.5 Å². The van der Waals surface area contributed by atoms with E-state index in [2.05, 4.69) is 21.2 Å². The Labute approximate surface area is 273 Å². The first-order chi connectivity index (χ1) is 21.0. The summed E-state index contributed by atoms with van der Waals surface area (Å²) >= 11 is 9.88. The zero-order chi connectivity index (χ0) is 31.9. The van der Waals surface area contributed by atoms with Crippen LogP contribution in [0.15, 0.2) is 76.1 Å². The highest BCUT2D eigenvalue weighted by Gasteiger charge is 2.35. The van der Waals surface area contributed by atoms with Gasteiger partial charge in [0.2, 0.25) is 11.8 Å². The molecular formula is C33H39BrClN3O5S. The lowest BCUT2D eigenvalue weighted by Gasteiger charge is -2.34. The molecule has 0 bridgehead atoms. The molecule has 0 aromatic heterocycles. The van der Waals surface area contributed by atoms with Gasteiger partial charge in [0.1, 0.15) is 18.3 Å². The number of nitrogens with one attached hydrogen (secondary N) is 1. The summed E-state index contributed by atoms with van der Waals surface area (Å²) in [4.78, 5) is 29.4. The minimum atomic E-state index is -4.23. The van der Waals surface area contributed by atoms with Crippen LogP contribution in [0.25, 0.3) is 0 Å². The molecule has 1 fully saturated rings. The molecule has 236 valence electrons. The number of aryl methyl sites for hydroxylation is 1. The van der Waals surface area contributed by atoms with Gasteiger partial charge in [-0.2, -0.15) is 0 Å². The Morgan fingerprint density at radius 3 is 2.34 bits per heavy atom. The summed E-state index contributed by atoms with van der Waals surface area (Å²) in [6, 6.07) is 17.8. The fourth-order valence-electron chi connectivity index (χ4n) is 5.45. The maximum atomic E-state index is 14.3. The van der Waals surface area contributed by atoms with Gasteiger partial charge in [-0.3, -0.25) is 13.9 Å². The third-order valence-corrected chi connectivity index (χ3v) is 10.7. The zero-order valence-corrected chi connectivity index (χ0v) is 28.4. The number of ether oxygens (including phenoxy) is 1. The van der Waals surface area contributed by atoms with E-state index in [1.807, 2.05) is 19.9 Å². The number of anilines is 1. The Hall–Kier alpha value is -3.08. The lowest BCUT2D eigenvalue weighted by molar-refractivity contribution is -0.140. The van der Waals surface area contributed by atoms with E-state index in [0.717, 1.165) is 42.0 Å². The highest BCUT2D eigenvalue weighted by Crippen LogP contribution is 2.31. The number of nitrogens with zero attached hydrogens (tertiary/aromatic N) is 2. The largest absolute Gasteiger partial charge is 0.496 e. The number of halogens is 2. The van der Waals surface area contributed by atoms with Gasteiger partial charge >= 0.3 is 0 Å². The van der Waals surface area contributed by atoms with Crippen LogP contribution in [0.4, 0.5) is 5.69 Å². The topological polar surface area (TPSA) is 96.0 Å². The Balaban J connectivity index is 1.73. The van der Waals surface area contributed by atoms with Gasteiger partial charge in [0.25, 0.3) is 10.0 Å². The molecule has 2 amide bonds. The van der Waals surface area contributed by atoms with Crippen molar-refractivity contribution >= 4 is 55.1 Å². The number of carbonyl (C=O) groups excluding carboxylic acids is 2. The van der Waals surface area contributed by atoms with Gasteiger partial charge in [-0.15, -0.1) is 0 Å². The standard InChI is InChI=1S/C33H39BrClN3O5S/c1-4-30(33(40)36-25-11-6-5-7-12-25)37(21-24-10-8-9-13-29(24)35)32(39)22-38(26-16-14-23(2)15-17-26)44(41,42)27-18-19-31(43-3)28(34)20-27/h8-10,13-20,25,30H,4-7,11-12,21-22H2,1-3H3,(H,36,40). The fraction of sp³-hybridized carbons (Fsp3) is 0.394. The number of carbonyl (C=O) groups is 2. The van der Waals surface area contributed by atoms with E-state index in [9.17, 15) is 18.0 Å². The van der Waals surface area contributed by atoms with Crippen LogP contribution in [-0.4, -0.2) is 50.9 Å². The number of methoxy groups -OCH3 is 1. The minimum Gasteiger partial charge on any atom is -0.496 e. The van der Waals surface area contributed by atoms with E-state index >= 15 is 0 Å². The summed E-state index contributed by atoms with van der Waals surface area (Å²) in [7, 11) is -2.73.